The predicted molar refractivity (Wildman–Crippen MR) is 126 cm³/mol. The smallest absolute Gasteiger partial charge is 0.306 e. The van der Waals surface area contributed by atoms with E-state index in [9.17, 15) is 4.79 Å². The average molecular weight is 425 g/mol. The number of pyridine rings is 1. The molecule has 4 aromatic rings. The first-order chi connectivity index (χ1) is 15.8. The average Bonchev–Trinajstić information content (AvgIpc) is 2.86. The summed E-state index contributed by atoms with van der Waals surface area (Å²) in [6.45, 7) is 0.935. The highest BCUT2D eigenvalue weighted by Gasteiger charge is 2.09. The Morgan fingerprint density at radius 1 is 0.906 bits per heavy atom. The minimum Gasteiger partial charge on any atom is -0.461 e. The topological polar surface area (TPSA) is 77.0 Å². The van der Waals surface area contributed by atoms with Gasteiger partial charge in [0.1, 0.15) is 12.1 Å². The van der Waals surface area contributed by atoms with Gasteiger partial charge in [-0.2, -0.15) is 0 Å². The maximum absolute atomic E-state index is 12.0. The third kappa shape index (κ3) is 5.76. The van der Waals surface area contributed by atoms with Crippen molar-refractivity contribution < 1.29 is 9.53 Å². The molecule has 32 heavy (non-hydrogen) atoms. The summed E-state index contributed by atoms with van der Waals surface area (Å²) in [5.74, 6) is 0.419. The van der Waals surface area contributed by atoms with Crippen LogP contribution in [0.25, 0.3) is 17.0 Å². The molecule has 0 atom stereocenters. The van der Waals surface area contributed by atoms with E-state index in [0.717, 1.165) is 27.7 Å². The minimum absolute atomic E-state index is 0.225. The fourth-order valence-electron chi connectivity index (χ4n) is 3.24. The molecule has 0 aliphatic heterocycles. The Kier molecular flexibility index (Phi) is 7.16. The molecule has 0 bridgehead atoms. The van der Waals surface area contributed by atoms with Gasteiger partial charge in [0.05, 0.1) is 5.69 Å². The van der Waals surface area contributed by atoms with Crippen LogP contribution in [0, 0.1) is 0 Å². The number of ether oxygens (including phenoxy) is 1. The molecule has 0 fully saturated rings. The molecule has 2 aromatic heterocycles. The second-order valence-corrected chi connectivity index (χ2v) is 7.26. The molecule has 2 heterocycles. The predicted octanol–water partition coefficient (Wildman–Crippen LogP) is 5.17. The van der Waals surface area contributed by atoms with E-state index in [1.165, 1.54) is 0 Å². The monoisotopic (exact) mass is 424 g/mol. The van der Waals surface area contributed by atoms with Crippen LogP contribution in [-0.4, -0.2) is 21.2 Å². The number of hydrogen-bond donors (Lipinski definition) is 1. The van der Waals surface area contributed by atoms with E-state index in [0.29, 0.717) is 31.8 Å². The van der Waals surface area contributed by atoms with E-state index < -0.39 is 0 Å². The third-order valence-electron chi connectivity index (χ3n) is 4.90. The van der Waals surface area contributed by atoms with Crippen molar-refractivity contribution in [2.75, 3.05) is 5.32 Å². The second-order valence-electron chi connectivity index (χ2n) is 7.26. The zero-order valence-electron chi connectivity index (χ0n) is 17.6. The van der Waals surface area contributed by atoms with Gasteiger partial charge in [-0.25, -0.2) is 0 Å². The number of hydrogen-bond acceptors (Lipinski definition) is 6. The second kappa shape index (κ2) is 10.8. The molecule has 0 spiro atoms. The number of allylic oxidation sites excluding steroid dienone is 1. The lowest BCUT2D eigenvalue weighted by Gasteiger charge is -2.09. The molecule has 4 rings (SSSR count). The Balaban J connectivity index is 1.35. The van der Waals surface area contributed by atoms with Crippen molar-refractivity contribution in [1.82, 2.24) is 15.2 Å². The van der Waals surface area contributed by atoms with Crippen LogP contribution < -0.4 is 5.32 Å². The van der Waals surface area contributed by atoms with Crippen LogP contribution in [0.2, 0.25) is 0 Å². The van der Waals surface area contributed by atoms with Gasteiger partial charge in [0.15, 0.2) is 5.82 Å². The maximum Gasteiger partial charge on any atom is 0.306 e. The van der Waals surface area contributed by atoms with Crippen molar-refractivity contribution >= 4 is 28.8 Å². The molecule has 0 unspecified atom stereocenters. The first kappa shape index (κ1) is 21.2. The van der Waals surface area contributed by atoms with Crippen LogP contribution in [0.4, 0.5) is 5.82 Å². The molecule has 6 nitrogen and oxygen atoms in total. The Hall–Kier alpha value is -4.06. The summed E-state index contributed by atoms with van der Waals surface area (Å²) in [7, 11) is 0. The van der Waals surface area contributed by atoms with Gasteiger partial charge >= 0.3 is 5.97 Å². The van der Waals surface area contributed by atoms with Crippen LogP contribution in [0.5, 0.6) is 0 Å². The molecule has 0 saturated heterocycles. The summed E-state index contributed by atoms with van der Waals surface area (Å²) in [5, 5.41) is 12.9. The van der Waals surface area contributed by atoms with Gasteiger partial charge in [0, 0.05) is 24.5 Å². The highest BCUT2D eigenvalue weighted by atomic mass is 16.5. The van der Waals surface area contributed by atoms with Gasteiger partial charge < -0.3 is 10.1 Å². The van der Waals surface area contributed by atoms with Crippen molar-refractivity contribution in [1.29, 1.82) is 0 Å². The summed E-state index contributed by atoms with van der Waals surface area (Å²) in [6, 6.07) is 23.6. The van der Waals surface area contributed by atoms with Crippen molar-refractivity contribution in [3.8, 4) is 0 Å². The molecule has 0 radical (unpaired) electrons. The van der Waals surface area contributed by atoms with Crippen LogP contribution in [0.1, 0.15) is 29.7 Å². The molecule has 0 saturated carbocycles. The van der Waals surface area contributed by atoms with Crippen LogP contribution in [0.15, 0.2) is 85.1 Å². The van der Waals surface area contributed by atoms with Crippen LogP contribution >= 0.6 is 0 Å². The van der Waals surface area contributed by atoms with Crippen molar-refractivity contribution in [3.63, 3.8) is 0 Å². The van der Waals surface area contributed by atoms with Gasteiger partial charge in [0.25, 0.3) is 0 Å². The maximum atomic E-state index is 12.0. The number of benzene rings is 2. The van der Waals surface area contributed by atoms with Gasteiger partial charge in [-0.15, -0.1) is 10.2 Å². The van der Waals surface area contributed by atoms with E-state index in [4.69, 9.17) is 4.74 Å². The molecule has 2 aromatic carbocycles. The first-order valence-corrected chi connectivity index (χ1v) is 10.5. The van der Waals surface area contributed by atoms with Gasteiger partial charge in [0.2, 0.25) is 0 Å². The Labute approximate surface area is 187 Å². The van der Waals surface area contributed by atoms with Crippen LogP contribution in [-0.2, 0) is 22.7 Å². The number of carbonyl (C=O) groups is 1. The molecule has 160 valence electrons. The highest BCUT2D eigenvalue weighted by molar-refractivity contribution is 5.92. The fourth-order valence-corrected chi connectivity index (χ4v) is 3.24. The molecule has 6 heteroatoms. The van der Waals surface area contributed by atoms with E-state index >= 15 is 0 Å². The first-order valence-electron chi connectivity index (χ1n) is 10.5. The van der Waals surface area contributed by atoms with Crippen LogP contribution in [0.3, 0.4) is 0 Å². The lowest BCUT2D eigenvalue weighted by atomic mass is 10.1. The number of aromatic nitrogens is 3. The summed E-state index contributed by atoms with van der Waals surface area (Å²) in [6.07, 6.45) is 6.41. The van der Waals surface area contributed by atoms with Gasteiger partial charge in [-0.05, 0) is 35.8 Å². The largest absolute Gasteiger partial charge is 0.461 e. The SMILES string of the molecule is O=C(CC/C=C\c1nnc(NCc2ccccc2)c2ncccc12)OCc1ccccc1. The third-order valence-corrected chi connectivity index (χ3v) is 4.90. The van der Waals surface area contributed by atoms with E-state index in [2.05, 4.69) is 32.6 Å². The number of carbonyl (C=O) groups excluding carboxylic acids is 1. The van der Waals surface area contributed by atoms with E-state index in [1.807, 2.05) is 72.8 Å². The van der Waals surface area contributed by atoms with Gasteiger partial charge in [-0.1, -0.05) is 66.7 Å². The summed E-state index contributed by atoms with van der Waals surface area (Å²) >= 11 is 0. The van der Waals surface area contributed by atoms with Crippen molar-refractivity contribution in [2.24, 2.45) is 0 Å². The minimum atomic E-state index is -0.225. The quantitative estimate of drug-likeness (QED) is 0.373. The summed E-state index contributed by atoms with van der Waals surface area (Å²) in [5.41, 5.74) is 3.62. The Morgan fingerprint density at radius 2 is 1.66 bits per heavy atom. The number of esters is 1. The number of nitrogens with one attached hydrogen (secondary N) is 1. The molecule has 0 aliphatic carbocycles. The zero-order valence-corrected chi connectivity index (χ0v) is 17.6. The number of fused-ring (bicyclic) bond motifs is 1. The van der Waals surface area contributed by atoms with Gasteiger partial charge in [-0.3, -0.25) is 9.78 Å². The summed E-state index contributed by atoms with van der Waals surface area (Å²) < 4.78 is 5.31. The lowest BCUT2D eigenvalue weighted by molar-refractivity contribution is -0.144. The number of anilines is 1. The van der Waals surface area contributed by atoms with Crippen molar-refractivity contribution in [3.05, 3.63) is 102 Å². The number of rotatable bonds is 9. The zero-order chi connectivity index (χ0) is 22.0. The summed E-state index contributed by atoms with van der Waals surface area (Å²) in [4.78, 5) is 16.5. The standard InChI is InChI=1S/C26H24N4O2/c31-24(32-19-21-12-5-2-6-13-21)16-8-7-15-23-22-14-9-17-27-25(22)26(30-29-23)28-18-20-10-3-1-4-11-20/h1-7,9-15,17H,8,16,18-19H2,(H,28,30)/b15-7-. The molecule has 0 amide bonds. The Bertz CT molecular complexity index is 1190. The molecule has 0 aliphatic rings. The highest BCUT2D eigenvalue weighted by Crippen LogP contribution is 2.22. The normalized spacial score (nSPS) is 11.0. The molecular weight excluding hydrogens is 400 g/mol. The molecular formula is C26H24N4O2. The Morgan fingerprint density at radius 3 is 2.44 bits per heavy atom. The molecule has 1 N–H and O–H groups in total. The van der Waals surface area contributed by atoms with Crippen molar-refractivity contribution in [2.45, 2.75) is 26.0 Å². The fraction of sp³-hybridized carbons (Fsp3) is 0.154. The number of nitrogens with zero attached hydrogens (tertiary/aromatic N) is 3. The van der Waals surface area contributed by atoms with E-state index in [1.54, 1.807) is 6.20 Å². The lowest BCUT2D eigenvalue weighted by Crippen LogP contribution is -2.05. The van der Waals surface area contributed by atoms with E-state index in [-0.39, 0.29) is 5.97 Å².